The van der Waals surface area contributed by atoms with E-state index in [1.807, 2.05) is 32.0 Å². The lowest BCUT2D eigenvalue weighted by Crippen LogP contribution is -2.20. The lowest BCUT2D eigenvalue weighted by atomic mass is 10.2. The number of hydrogen-bond donors (Lipinski definition) is 5. The summed E-state index contributed by atoms with van der Waals surface area (Å²) >= 11 is 0. The topological polar surface area (TPSA) is 111 Å². The first-order chi connectivity index (χ1) is 16.9. The second-order valence-electron chi connectivity index (χ2n) is 7.88. The number of anilines is 2. The van der Waals surface area contributed by atoms with Gasteiger partial charge in [-0.05, 0) is 55.4 Å². The number of benzene rings is 2. The van der Waals surface area contributed by atoms with Crippen molar-refractivity contribution in [2.24, 2.45) is 0 Å². The van der Waals surface area contributed by atoms with Crippen LogP contribution in [-0.2, 0) is 0 Å². The minimum absolute atomic E-state index is 0.0241. The molecular formula is C26H26FN5O3. The Morgan fingerprint density at radius 2 is 1.94 bits per heavy atom. The van der Waals surface area contributed by atoms with Gasteiger partial charge >= 0.3 is 6.03 Å². The fourth-order valence-electron chi connectivity index (χ4n) is 3.45. The molecule has 0 saturated carbocycles. The number of aromatic amines is 1. The molecule has 9 heteroatoms. The highest BCUT2D eigenvalue weighted by molar-refractivity contribution is 5.99. The van der Waals surface area contributed by atoms with E-state index in [4.69, 9.17) is 4.74 Å². The molecule has 5 N–H and O–H groups in total. The second-order valence-corrected chi connectivity index (χ2v) is 7.88. The molecule has 4 rings (SSSR count). The molecule has 0 radical (unpaired) electrons. The molecule has 0 bridgehead atoms. The van der Waals surface area contributed by atoms with Gasteiger partial charge < -0.3 is 25.5 Å². The van der Waals surface area contributed by atoms with Crippen LogP contribution >= 0.6 is 0 Å². The van der Waals surface area contributed by atoms with Crippen LogP contribution in [0.1, 0.15) is 24.3 Å². The van der Waals surface area contributed by atoms with E-state index < -0.39 is 18.1 Å². The maximum absolute atomic E-state index is 14.6. The van der Waals surface area contributed by atoms with Crippen molar-refractivity contribution in [3.05, 3.63) is 90.0 Å². The van der Waals surface area contributed by atoms with Gasteiger partial charge in [-0.15, -0.1) is 0 Å². The molecule has 4 aromatic rings. The van der Waals surface area contributed by atoms with E-state index in [9.17, 15) is 14.3 Å². The fourth-order valence-corrected chi connectivity index (χ4v) is 3.45. The van der Waals surface area contributed by atoms with Crippen molar-refractivity contribution in [2.75, 3.05) is 17.2 Å². The van der Waals surface area contributed by atoms with E-state index in [1.54, 1.807) is 42.7 Å². The van der Waals surface area contributed by atoms with Crippen molar-refractivity contribution in [1.29, 1.82) is 0 Å². The molecule has 0 aliphatic carbocycles. The van der Waals surface area contributed by atoms with Crippen LogP contribution in [0.4, 0.5) is 20.6 Å². The summed E-state index contributed by atoms with van der Waals surface area (Å²) in [4.78, 5) is 19.6. The fraction of sp³-hybridized carbons (Fsp3) is 0.154. The Morgan fingerprint density at radius 3 is 2.71 bits per heavy atom. The zero-order chi connectivity index (χ0) is 24.8. The highest BCUT2D eigenvalue weighted by Gasteiger charge is 2.12. The van der Waals surface area contributed by atoms with Crippen LogP contribution < -0.4 is 20.7 Å². The largest absolute Gasteiger partial charge is 0.457 e. The molecule has 1 unspecified atom stereocenters. The summed E-state index contributed by atoms with van der Waals surface area (Å²) in [5, 5.41) is 18.2. The number of halogens is 1. The average molecular weight is 476 g/mol. The van der Waals surface area contributed by atoms with Crippen molar-refractivity contribution in [2.45, 2.75) is 20.1 Å². The Hall–Kier alpha value is -4.21. The number of carbonyl (C=O) groups is 1. The van der Waals surface area contributed by atoms with Crippen molar-refractivity contribution in [3.8, 4) is 22.9 Å². The molecule has 0 fully saturated rings. The first kappa shape index (κ1) is 23.9. The van der Waals surface area contributed by atoms with Gasteiger partial charge in [0.15, 0.2) is 0 Å². The molecule has 0 aliphatic rings. The summed E-state index contributed by atoms with van der Waals surface area (Å²) in [5.74, 6) is 0.0808. The lowest BCUT2D eigenvalue weighted by molar-refractivity contribution is 0.142. The molecule has 2 amide bonds. The Kier molecular flexibility index (Phi) is 7.39. The number of urea groups is 1. The van der Waals surface area contributed by atoms with E-state index >= 15 is 0 Å². The third kappa shape index (κ3) is 6.23. The molecule has 2 aromatic carbocycles. The number of nitrogens with one attached hydrogen (secondary N) is 4. The summed E-state index contributed by atoms with van der Waals surface area (Å²) in [6.07, 6.45) is 2.50. The number of rotatable bonds is 8. The number of aliphatic hydroxyl groups excluding tert-OH is 1. The van der Waals surface area contributed by atoms with Gasteiger partial charge in [-0.1, -0.05) is 19.1 Å². The van der Waals surface area contributed by atoms with Crippen LogP contribution in [-0.4, -0.2) is 27.7 Å². The first-order valence-electron chi connectivity index (χ1n) is 11.1. The van der Waals surface area contributed by atoms with Crippen LogP contribution in [0, 0.1) is 12.7 Å². The zero-order valence-electron chi connectivity index (χ0n) is 19.3. The summed E-state index contributed by atoms with van der Waals surface area (Å²) in [6, 6.07) is 16.1. The van der Waals surface area contributed by atoms with Gasteiger partial charge in [0.1, 0.15) is 23.5 Å². The molecule has 0 saturated heterocycles. The van der Waals surface area contributed by atoms with E-state index in [0.717, 1.165) is 5.56 Å². The predicted octanol–water partition coefficient (Wildman–Crippen LogP) is 5.56. The van der Waals surface area contributed by atoms with Gasteiger partial charge in [0.25, 0.3) is 0 Å². The smallest absolute Gasteiger partial charge is 0.323 e. The van der Waals surface area contributed by atoms with Crippen molar-refractivity contribution >= 4 is 17.4 Å². The van der Waals surface area contributed by atoms with Crippen LogP contribution in [0.3, 0.4) is 0 Å². The van der Waals surface area contributed by atoms with Crippen molar-refractivity contribution in [1.82, 2.24) is 15.3 Å². The molecular weight excluding hydrogens is 449 g/mol. The highest BCUT2D eigenvalue weighted by Crippen LogP contribution is 2.28. The first-order valence-corrected chi connectivity index (χ1v) is 11.1. The maximum atomic E-state index is 14.6. The number of ether oxygens (including phenoxy) is 1. The lowest BCUT2D eigenvalue weighted by Gasteiger charge is -2.11. The minimum Gasteiger partial charge on any atom is -0.457 e. The van der Waals surface area contributed by atoms with Crippen LogP contribution in [0.25, 0.3) is 11.4 Å². The maximum Gasteiger partial charge on any atom is 0.323 e. The van der Waals surface area contributed by atoms with Crippen LogP contribution in [0.2, 0.25) is 0 Å². The standard InChI is InChI=1S/C26H26FN5O3/c1-3-28-25(33)17-12-23(30-15-17)24-14-20(9-10-29-24)35-19-7-8-22(21(27)13-19)32-26(34)31-18-6-4-5-16(2)11-18/h4-15,25,28,30,33H,3H2,1-2H3,(H2,31,32,34). The number of nitrogens with zero attached hydrogens (tertiary/aromatic N) is 1. The average Bonchev–Trinajstić information content (AvgIpc) is 3.32. The highest BCUT2D eigenvalue weighted by atomic mass is 19.1. The Labute approximate surface area is 202 Å². The monoisotopic (exact) mass is 475 g/mol. The third-order valence-corrected chi connectivity index (χ3v) is 5.13. The van der Waals surface area contributed by atoms with Gasteiger partial charge in [0, 0.05) is 35.8 Å². The molecule has 2 heterocycles. The molecule has 180 valence electrons. The molecule has 2 aromatic heterocycles. The quantitative estimate of drug-likeness (QED) is 0.214. The number of H-pyrrole nitrogens is 1. The number of aryl methyl sites for hydroxylation is 1. The normalized spacial score (nSPS) is 11.7. The Balaban J connectivity index is 1.42. The van der Waals surface area contributed by atoms with Crippen molar-refractivity contribution in [3.63, 3.8) is 0 Å². The molecule has 0 aliphatic heterocycles. The van der Waals surface area contributed by atoms with Crippen molar-refractivity contribution < 1.29 is 19.0 Å². The number of carbonyl (C=O) groups excluding carboxylic acids is 1. The van der Waals surface area contributed by atoms with E-state index in [1.165, 1.54) is 12.1 Å². The third-order valence-electron chi connectivity index (χ3n) is 5.13. The van der Waals surface area contributed by atoms with Crippen LogP contribution in [0.15, 0.2) is 73.1 Å². The van der Waals surface area contributed by atoms with Gasteiger partial charge in [-0.2, -0.15) is 0 Å². The van der Waals surface area contributed by atoms with Gasteiger partial charge in [0.2, 0.25) is 0 Å². The predicted molar refractivity (Wildman–Crippen MR) is 133 cm³/mol. The summed E-state index contributed by atoms with van der Waals surface area (Å²) < 4.78 is 20.4. The van der Waals surface area contributed by atoms with Gasteiger partial charge in [-0.3, -0.25) is 10.3 Å². The number of aromatic nitrogens is 2. The van der Waals surface area contributed by atoms with Gasteiger partial charge in [0.05, 0.1) is 17.1 Å². The molecule has 35 heavy (non-hydrogen) atoms. The number of amides is 2. The summed E-state index contributed by atoms with van der Waals surface area (Å²) in [7, 11) is 0. The molecule has 0 spiro atoms. The Bertz CT molecular complexity index is 1320. The number of aliphatic hydroxyl groups is 1. The SMILES string of the molecule is CCNC(O)c1c[nH]c(-c2cc(Oc3ccc(NC(=O)Nc4cccc(C)c4)c(F)c3)ccn2)c1. The Morgan fingerprint density at radius 1 is 1.11 bits per heavy atom. The van der Waals surface area contributed by atoms with Crippen LogP contribution in [0.5, 0.6) is 11.5 Å². The molecule has 8 nitrogen and oxygen atoms in total. The summed E-state index contributed by atoms with van der Waals surface area (Å²) in [6.45, 7) is 4.45. The number of hydrogen-bond acceptors (Lipinski definition) is 5. The summed E-state index contributed by atoms with van der Waals surface area (Å²) in [5.41, 5.74) is 3.62. The number of pyridine rings is 1. The molecule has 1 atom stereocenters. The van der Waals surface area contributed by atoms with Gasteiger partial charge in [-0.25, -0.2) is 9.18 Å². The van der Waals surface area contributed by atoms with E-state index in [2.05, 4.69) is 25.9 Å². The van der Waals surface area contributed by atoms with E-state index in [0.29, 0.717) is 34.9 Å². The van der Waals surface area contributed by atoms with E-state index in [-0.39, 0.29) is 11.4 Å². The second kappa shape index (κ2) is 10.8. The minimum atomic E-state index is -0.779. The zero-order valence-corrected chi connectivity index (χ0v) is 19.3.